The highest BCUT2D eigenvalue weighted by Crippen LogP contribution is 2.15. The molecule has 60 valence electrons. The molecule has 1 aliphatic carbocycles. The molecule has 2 rings (SSSR count). The maximum Gasteiger partial charge on any atom is 0.0455 e. The van der Waals surface area contributed by atoms with E-state index in [0.29, 0.717) is 0 Å². The standard InChI is InChI=1S/C11H11N/c1-9-8-10-6-4-2-3-5-7-11(10)12-9/h2-8,12H,1H3. The predicted molar refractivity (Wildman–Crippen MR) is 52.7 cm³/mol. The quantitative estimate of drug-likeness (QED) is 0.596. The Bertz CT molecular complexity index is 331. The summed E-state index contributed by atoms with van der Waals surface area (Å²) in [5.41, 5.74) is 3.65. The molecule has 1 N–H and O–H groups in total. The molecule has 0 aliphatic heterocycles. The van der Waals surface area contributed by atoms with Crippen LogP contribution >= 0.6 is 0 Å². The van der Waals surface area contributed by atoms with Crippen molar-refractivity contribution in [2.45, 2.75) is 6.92 Å². The summed E-state index contributed by atoms with van der Waals surface area (Å²) in [5.74, 6) is 0. The molecule has 0 unspecified atom stereocenters. The van der Waals surface area contributed by atoms with Gasteiger partial charge in [0, 0.05) is 11.4 Å². The van der Waals surface area contributed by atoms with Crippen molar-refractivity contribution in [1.29, 1.82) is 0 Å². The second kappa shape index (κ2) is 2.86. The molecule has 0 atom stereocenters. The molecular formula is C11H11N. The number of aryl methyl sites for hydroxylation is 1. The maximum absolute atomic E-state index is 3.29. The lowest BCUT2D eigenvalue weighted by Crippen LogP contribution is -1.76. The molecule has 1 heterocycles. The zero-order chi connectivity index (χ0) is 8.39. The Morgan fingerprint density at radius 2 is 1.75 bits per heavy atom. The summed E-state index contributed by atoms with van der Waals surface area (Å²) in [4.78, 5) is 3.29. The number of aromatic amines is 1. The van der Waals surface area contributed by atoms with Crippen LogP contribution in [0.5, 0.6) is 0 Å². The van der Waals surface area contributed by atoms with E-state index >= 15 is 0 Å². The predicted octanol–water partition coefficient (Wildman–Crippen LogP) is 2.92. The van der Waals surface area contributed by atoms with Crippen molar-refractivity contribution < 1.29 is 0 Å². The van der Waals surface area contributed by atoms with Gasteiger partial charge in [-0.2, -0.15) is 0 Å². The third-order valence-corrected chi connectivity index (χ3v) is 1.89. The number of rotatable bonds is 0. The number of allylic oxidation sites excluding steroid dienone is 4. The van der Waals surface area contributed by atoms with Gasteiger partial charge in [-0.05, 0) is 24.6 Å². The van der Waals surface area contributed by atoms with E-state index in [9.17, 15) is 0 Å². The van der Waals surface area contributed by atoms with Gasteiger partial charge in [-0.25, -0.2) is 0 Å². The first-order chi connectivity index (χ1) is 5.86. The van der Waals surface area contributed by atoms with E-state index < -0.39 is 0 Å². The zero-order valence-electron chi connectivity index (χ0n) is 7.04. The maximum atomic E-state index is 3.29. The van der Waals surface area contributed by atoms with Crippen molar-refractivity contribution in [3.8, 4) is 0 Å². The number of nitrogens with one attached hydrogen (secondary N) is 1. The Morgan fingerprint density at radius 1 is 1.00 bits per heavy atom. The molecule has 0 radical (unpaired) electrons. The molecule has 1 aromatic rings. The van der Waals surface area contributed by atoms with Crippen LogP contribution in [0, 0.1) is 6.92 Å². The van der Waals surface area contributed by atoms with E-state index in [0.717, 1.165) is 0 Å². The van der Waals surface area contributed by atoms with E-state index in [1.54, 1.807) is 0 Å². The van der Waals surface area contributed by atoms with Gasteiger partial charge in [-0.1, -0.05) is 30.4 Å². The van der Waals surface area contributed by atoms with Crippen molar-refractivity contribution in [2.75, 3.05) is 0 Å². The summed E-state index contributed by atoms with van der Waals surface area (Å²) in [6.45, 7) is 2.07. The van der Waals surface area contributed by atoms with Gasteiger partial charge in [0.2, 0.25) is 0 Å². The van der Waals surface area contributed by atoms with Gasteiger partial charge in [0.05, 0.1) is 0 Å². The number of hydrogen-bond acceptors (Lipinski definition) is 0. The Kier molecular flexibility index (Phi) is 1.71. The van der Waals surface area contributed by atoms with Crippen LogP contribution in [-0.2, 0) is 0 Å². The topological polar surface area (TPSA) is 15.8 Å². The fourth-order valence-electron chi connectivity index (χ4n) is 1.35. The van der Waals surface area contributed by atoms with Crippen LogP contribution in [0.15, 0.2) is 30.4 Å². The van der Waals surface area contributed by atoms with Crippen LogP contribution in [0.1, 0.15) is 17.0 Å². The summed E-state index contributed by atoms with van der Waals surface area (Å²) in [6, 6.07) is 2.15. The average molecular weight is 157 g/mol. The van der Waals surface area contributed by atoms with Crippen molar-refractivity contribution in [2.24, 2.45) is 0 Å². The summed E-state index contributed by atoms with van der Waals surface area (Å²) >= 11 is 0. The van der Waals surface area contributed by atoms with E-state index in [2.05, 4.69) is 36.2 Å². The van der Waals surface area contributed by atoms with Crippen molar-refractivity contribution in [3.63, 3.8) is 0 Å². The second-order valence-corrected chi connectivity index (χ2v) is 2.92. The van der Waals surface area contributed by atoms with Gasteiger partial charge in [0.15, 0.2) is 0 Å². The first-order valence-corrected chi connectivity index (χ1v) is 4.07. The Morgan fingerprint density at radius 3 is 2.58 bits per heavy atom. The molecule has 12 heavy (non-hydrogen) atoms. The molecule has 0 saturated carbocycles. The summed E-state index contributed by atoms with van der Waals surface area (Å²) in [6.07, 6.45) is 12.3. The number of fused-ring (bicyclic) bond motifs is 1. The molecule has 1 heteroatoms. The van der Waals surface area contributed by atoms with Crippen LogP contribution in [0.25, 0.3) is 12.2 Å². The van der Waals surface area contributed by atoms with Gasteiger partial charge >= 0.3 is 0 Å². The van der Waals surface area contributed by atoms with Crippen molar-refractivity contribution in [3.05, 3.63) is 47.3 Å². The fourth-order valence-corrected chi connectivity index (χ4v) is 1.35. The van der Waals surface area contributed by atoms with E-state index in [4.69, 9.17) is 0 Å². The fraction of sp³-hybridized carbons (Fsp3) is 0.0909. The molecule has 0 saturated heterocycles. The molecule has 1 nitrogen and oxygen atoms in total. The van der Waals surface area contributed by atoms with Gasteiger partial charge in [-0.15, -0.1) is 0 Å². The Labute approximate surface area is 72.1 Å². The lowest BCUT2D eigenvalue weighted by molar-refractivity contribution is 1.25. The number of hydrogen-bond donors (Lipinski definition) is 1. The van der Waals surface area contributed by atoms with E-state index in [1.165, 1.54) is 17.0 Å². The third kappa shape index (κ3) is 1.26. The number of aromatic nitrogens is 1. The van der Waals surface area contributed by atoms with Gasteiger partial charge in [0.1, 0.15) is 0 Å². The summed E-state index contributed by atoms with van der Waals surface area (Å²) in [7, 11) is 0. The highest BCUT2D eigenvalue weighted by atomic mass is 14.7. The molecule has 1 aliphatic rings. The lowest BCUT2D eigenvalue weighted by atomic mass is 10.2. The van der Waals surface area contributed by atoms with Crippen molar-refractivity contribution >= 4 is 12.2 Å². The van der Waals surface area contributed by atoms with Crippen molar-refractivity contribution in [1.82, 2.24) is 4.98 Å². The molecule has 0 amide bonds. The minimum atomic E-state index is 1.19. The minimum Gasteiger partial charge on any atom is -0.359 e. The van der Waals surface area contributed by atoms with Gasteiger partial charge in [-0.3, -0.25) is 0 Å². The Hall–Kier alpha value is -1.50. The van der Waals surface area contributed by atoms with E-state index in [-0.39, 0.29) is 0 Å². The monoisotopic (exact) mass is 157 g/mol. The smallest absolute Gasteiger partial charge is 0.0455 e. The molecule has 0 fully saturated rings. The number of H-pyrrole nitrogens is 1. The third-order valence-electron chi connectivity index (χ3n) is 1.89. The zero-order valence-corrected chi connectivity index (χ0v) is 7.04. The molecular weight excluding hydrogens is 146 g/mol. The van der Waals surface area contributed by atoms with Crippen LogP contribution < -0.4 is 0 Å². The minimum absolute atomic E-state index is 1.19. The molecule has 0 bridgehead atoms. The second-order valence-electron chi connectivity index (χ2n) is 2.92. The highest BCUT2D eigenvalue weighted by molar-refractivity contribution is 5.66. The van der Waals surface area contributed by atoms with Crippen LogP contribution in [0.2, 0.25) is 0 Å². The Balaban J connectivity index is 2.53. The lowest BCUT2D eigenvalue weighted by Gasteiger charge is -1.92. The highest BCUT2D eigenvalue weighted by Gasteiger charge is 1.99. The molecule has 1 aromatic heterocycles. The first kappa shape index (κ1) is 7.17. The average Bonchev–Trinajstić information content (AvgIpc) is 2.32. The SMILES string of the molecule is Cc1cc2c([nH]1)C=CC=CC=C2. The first-order valence-electron chi connectivity index (χ1n) is 4.07. The van der Waals surface area contributed by atoms with Crippen LogP contribution in [-0.4, -0.2) is 4.98 Å². The summed E-state index contributed by atoms with van der Waals surface area (Å²) < 4.78 is 0. The molecule has 0 spiro atoms. The van der Waals surface area contributed by atoms with Crippen LogP contribution in [0.3, 0.4) is 0 Å². The van der Waals surface area contributed by atoms with Gasteiger partial charge < -0.3 is 4.98 Å². The van der Waals surface area contributed by atoms with Gasteiger partial charge in [0.25, 0.3) is 0 Å². The van der Waals surface area contributed by atoms with Crippen LogP contribution in [0.4, 0.5) is 0 Å². The summed E-state index contributed by atoms with van der Waals surface area (Å²) in [5, 5.41) is 0. The largest absolute Gasteiger partial charge is 0.359 e. The van der Waals surface area contributed by atoms with E-state index in [1.807, 2.05) is 18.2 Å². The normalized spacial score (nSPS) is 14.1. The molecule has 0 aromatic carbocycles.